The van der Waals surface area contributed by atoms with Crippen LogP contribution in [0.2, 0.25) is 0 Å². The molecule has 1 heterocycles. The molecule has 0 saturated carbocycles. The van der Waals surface area contributed by atoms with Crippen LogP contribution in [0.1, 0.15) is 12.8 Å². The van der Waals surface area contributed by atoms with Gasteiger partial charge < -0.3 is 0 Å². The Morgan fingerprint density at radius 3 is 1.81 bits per heavy atom. The number of hydrogen-bond acceptors (Lipinski definition) is 1. The lowest BCUT2D eigenvalue weighted by molar-refractivity contribution is -0.105. The molecule has 1 nitrogen and oxygen atoms in total. The Morgan fingerprint density at radius 1 is 1.00 bits per heavy atom. The van der Waals surface area contributed by atoms with E-state index in [1.54, 1.807) is 18.2 Å². The van der Waals surface area contributed by atoms with Gasteiger partial charge in [0.1, 0.15) is 5.82 Å². The summed E-state index contributed by atoms with van der Waals surface area (Å²) in [4.78, 5) is 0. The van der Waals surface area contributed by atoms with E-state index in [-0.39, 0.29) is 31.7 Å². The van der Waals surface area contributed by atoms with E-state index in [4.69, 9.17) is 0 Å². The lowest BCUT2D eigenvalue weighted by atomic mass is 10.1. The molecule has 0 amide bonds. The molecule has 0 bridgehead atoms. The van der Waals surface area contributed by atoms with E-state index in [0.29, 0.717) is 5.12 Å². The summed E-state index contributed by atoms with van der Waals surface area (Å²) in [7, 11) is 0. The predicted molar refractivity (Wildman–Crippen MR) is 53.3 cm³/mol. The fraction of sp³-hybridized carbons (Fsp3) is 0.455. The van der Waals surface area contributed by atoms with Gasteiger partial charge in [-0.1, -0.05) is 18.2 Å². The van der Waals surface area contributed by atoms with E-state index in [2.05, 4.69) is 0 Å². The molecule has 1 aliphatic heterocycles. The van der Waals surface area contributed by atoms with Gasteiger partial charge in [0, 0.05) is 25.9 Å². The molecule has 1 fully saturated rings. The van der Waals surface area contributed by atoms with Gasteiger partial charge in [0.05, 0.1) is 0 Å². The number of benzene rings is 1. The second-order valence-corrected chi connectivity index (χ2v) is 3.56. The molecule has 0 aliphatic carbocycles. The van der Waals surface area contributed by atoms with Crippen molar-refractivity contribution >= 4 is 0 Å². The van der Waals surface area contributed by atoms with Gasteiger partial charge in [-0.2, -0.15) is 0 Å². The molecule has 2 rings (SSSR count). The van der Waals surface area contributed by atoms with Crippen molar-refractivity contribution in [3.8, 4) is 0 Å². The summed E-state index contributed by atoms with van der Waals surface area (Å²) in [5.41, 5.74) is 0. The van der Waals surface area contributed by atoms with Crippen molar-refractivity contribution < 1.29 is 17.7 Å². The molecule has 16 heavy (non-hydrogen) atoms. The quantitative estimate of drug-likeness (QED) is 0.492. The summed E-state index contributed by atoms with van der Waals surface area (Å²) in [5, 5.41) is 0.428. The number of nitrogens with zero attached hydrogens (tertiary/aromatic N) is 1. The van der Waals surface area contributed by atoms with Gasteiger partial charge in [-0.15, -0.1) is 9.60 Å². The highest BCUT2D eigenvalue weighted by atomic mass is 19.3. The molecule has 0 unspecified atom stereocenters. The van der Waals surface area contributed by atoms with Crippen LogP contribution in [0.4, 0.5) is 17.7 Å². The van der Waals surface area contributed by atoms with E-state index in [9.17, 15) is 17.7 Å². The van der Waals surface area contributed by atoms with Crippen molar-refractivity contribution in [1.29, 1.82) is 0 Å². The number of hydrogen-bond donors (Lipinski definition) is 0. The van der Waals surface area contributed by atoms with Crippen LogP contribution < -0.4 is 0 Å². The van der Waals surface area contributed by atoms with Crippen molar-refractivity contribution in [1.82, 2.24) is 5.12 Å². The second kappa shape index (κ2) is 5.84. The van der Waals surface area contributed by atoms with Crippen molar-refractivity contribution in [3.63, 3.8) is 0 Å². The van der Waals surface area contributed by atoms with Gasteiger partial charge in [0.2, 0.25) is 0 Å². The predicted octanol–water partition coefficient (Wildman–Crippen LogP) is 3.43. The molecule has 1 aromatic rings. The minimum absolute atomic E-state index is 0.132. The first kappa shape index (κ1) is 13.0. The minimum Gasteiger partial charge on any atom is -0.207 e. The van der Waals surface area contributed by atoms with Crippen LogP contribution in [0.5, 0.6) is 0 Å². The minimum atomic E-state index is -2.62. The van der Waals surface area contributed by atoms with Crippen LogP contribution in [0.25, 0.3) is 0 Å². The van der Waals surface area contributed by atoms with Crippen LogP contribution in [-0.2, 0) is 0 Å². The second-order valence-electron chi connectivity index (χ2n) is 3.56. The molecular weight excluding hydrogens is 222 g/mol. The van der Waals surface area contributed by atoms with Gasteiger partial charge in [-0.05, 0) is 12.1 Å². The number of alkyl halides is 2. The maximum atomic E-state index is 12.2. The van der Waals surface area contributed by atoms with Crippen LogP contribution in [0, 0.1) is 5.82 Å². The van der Waals surface area contributed by atoms with Crippen LogP contribution >= 0.6 is 0 Å². The molecule has 0 aromatic heterocycles. The molecule has 0 N–H and O–H groups in total. The monoisotopic (exact) mass is 235 g/mol. The van der Waals surface area contributed by atoms with Crippen LogP contribution in [0.15, 0.2) is 30.3 Å². The zero-order valence-electron chi connectivity index (χ0n) is 8.67. The Morgan fingerprint density at radius 2 is 1.50 bits per heavy atom. The Kier molecular flexibility index (Phi) is 4.73. The zero-order chi connectivity index (χ0) is 12.0. The van der Waals surface area contributed by atoms with Crippen molar-refractivity contribution in [2.45, 2.75) is 18.8 Å². The third kappa shape index (κ3) is 5.11. The summed E-state index contributed by atoms with van der Waals surface area (Å²) in [5.74, 6) is -2.80. The molecule has 1 aliphatic rings. The van der Waals surface area contributed by atoms with Gasteiger partial charge in [0.15, 0.2) is 0 Å². The van der Waals surface area contributed by atoms with E-state index in [1.165, 1.54) is 12.1 Å². The summed E-state index contributed by atoms with van der Waals surface area (Å²) >= 11 is 0. The maximum absolute atomic E-state index is 12.2. The third-order valence-electron chi connectivity index (χ3n) is 2.17. The Balaban J connectivity index is 0.000000165. The summed E-state index contributed by atoms with van der Waals surface area (Å²) in [6.45, 7) is -0.264. The molecule has 0 atom stereocenters. The SMILES string of the molecule is FN1CCC(F)(F)CC1.Fc1ccccc1. The van der Waals surface area contributed by atoms with E-state index < -0.39 is 5.92 Å². The van der Waals surface area contributed by atoms with Gasteiger partial charge >= 0.3 is 0 Å². The Hall–Kier alpha value is -1.10. The average molecular weight is 235 g/mol. The average Bonchev–Trinajstić information content (AvgIpc) is 2.25. The van der Waals surface area contributed by atoms with Crippen LogP contribution in [-0.4, -0.2) is 24.1 Å². The first-order valence-electron chi connectivity index (χ1n) is 4.99. The maximum Gasteiger partial charge on any atom is 0.250 e. The van der Waals surface area contributed by atoms with E-state index in [0.717, 1.165) is 0 Å². The number of piperidine rings is 1. The van der Waals surface area contributed by atoms with Crippen molar-refractivity contribution in [2.75, 3.05) is 13.1 Å². The first-order valence-corrected chi connectivity index (χ1v) is 4.99. The molecule has 0 radical (unpaired) electrons. The summed E-state index contributed by atoms with van der Waals surface area (Å²) in [6.07, 6.45) is -0.688. The summed E-state index contributed by atoms with van der Waals surface area (Å²) < 4.78 is 48.3. The van der Waals surface area contributed by atoms with Gasteiger partial charge in [-0.3, -0.25) is 0 Å². The molecular formula is C11H13F4N. The standard InChI is InChI=1S/C6H5F.C5H8F3N/c7-6-4-2-1-3-5-6;6-5(7)1-3-9(8)4-2-5/h1-5H;1-4H2. The number of rotatable bonds is 0. The Labute approximate surface area is 91.6 Å². The normalized spacial score (nSPS) is 19.8. The first-order chi connectivity index (χ1) is 7.49. The van der Waals surface area contributed by atoms with Gasteiger partial charge in [-0.25, -0.2) is 13.2 Å². The molecule has 5 heteroatoms. The van der Waals surface area contributed by atoms with E-state index in [1.807, 2.05) is 0 Å². The van der Waals surface area contributed by atoms with E-state index >= 15 is 0 Å². The molecule has 90 valence electrons. The summed E-state index contributed by atoms with van der Waals surface area (Å²) in [6, 6.07) is 7.94. The fourth-order valence-corrected chi connectivity index (χ4v) is 1.22. The lowest BCUT2D eigenvalue weighted by Crippen LogP contribution is -2.34. The van der Waals surface area contributed by atoms with Crippen LogP contribution in [0.3, 0.4) is 0 Å². The number of halogens is 4. The fourth-order valence-electron chi connectivity index (χ4n) is 1.22. The molecule has 1 aromatic carbocycles. The van der Waals surface area contributed by atoms with Crippen molar-refractivity contribution in [3.05, 3.63) is 36.1 Å². The topological polar surface area (TPSA) is 3.24 Å². The lowest BCUT2D eigenvalue weighted by Gasteiger charge is -2.24. The molecule has 0 spiro atoms. The smallest absolute Gasteiger partial charge is 0.207 e. The zero-order valence-corrected chi connectivity index (χ0v) is 8.67. The highest BCUT2D eigenvalue weighted by Gasteiger charge is 2.33. The largest absolute Gasteiger partial charge is 0.250 e. The molecule has 1 saturated heterocycles. The highest BCUT2D eigenvalue weighted by Crippen LogP contribution is 2.27. The van der Waals surface area contributed by atoms with Crippen molar-refractivity contribution in [2.24, 2.45) is 0 Å². The van der Waals surface area contributed by atoms with Gasteiger partial charge in [0.25, 0.3) is 5.92 Å². The third-order valence-corrected chi connectivity index (χ3v) is 2.17. The highest BCUT2D eigenvalue weighted by molar-refractivity contribution is 5.02. The Bertz CT molecular complexity index is 292.